The zero-order valence-electron chi connectivity index (χ0n) is 12.3. The smallest absolute Gasteiger partial charge is 0.182 e. The first kappa shape index (κ1) is 13.5. The number of halogens is 1. The fourth-order valence-corrected chi connectivity index (χ4v) is 4.72. The lowest BCUT2D eigenvalue weighted by atomic mass is 9.97. The van der Waals surface area contributed by atoms with Gasteiger partial charge in [-0.1, -0.05) is 23.7 Å². The topological polar surface area (TPSA) is 43.1 Å². The lowest BCUT2D eigenvalue weighted by Crippen LogP contribution is -1.99. The van der Waals surface area contributed by atoms with Gasteiger partial charge >= 0.3 is 0 Å². The van der Waals surface area contributed by atoms with Gasteiger partial charge in [0.25, 0.3) is 0 Å². The molecule has 0 fully saturated rings. The average Bonchev–Trinajstić information content (AvgIpc) is 3.15. The number of thiophene rings is 1. The molecule has 0 spiro atoms. The van der Waals surface area contributed by atoms with Gasteiger partial charge in [0, 0.05) is 15.5 Å². The molecular weight excluding hydrogens is 328 g/mol. The van der Waals surface area contributed by atoms with Crippen LogP contribution in [0.3, 0.4) is 0 Å². The highest BCUT2D eigenvalue weighted by Crippen LogP contribution is 2.37. The molecule has 0 aliphatic heterocycles. The number of hydrogen-bond donors (Lipinski definition) is 0. The minimum Gasteiger partial charge on any atom is -0.225 e. The summed E-state index contributed by atoms with van der Waals surface area (Å²) < 4.78 is 1.79. The van der Waals surface area contributed by atoms with Crippen LogP contribution in [0.1, 0.15) is 23.3 Å². The Morgan fingerprint density at radius 3 is 3.00 bits per heavy atom. The third-order valence-electron chi connectivity index (χ3n) is 4.37. The highest BCUT2D eigenvalue weighted by Gasteiger charge is 2.20. The highest BCUT2D eigenvalue weighted by atomic mass is 35.5. The molecular formula is C17H13ClN4S. The molecule has 114 valence electrons. The van der Waals surface area contributed by atoms with Crippen molar-refractivity contribution in [3.8, 4) is 11.4 Å². The van der Waals surface area contributed by atoms with Crippen LogP contribution in [0.4, 0.5) is 0 Å². The Balaban J connectivity index is 1.79. The molecule has 1 aliphatic rings. The van der Waals surface area contributed by atoms with E-state index in [1.807, 2.05) is 35.6 Å². The molecule has 0 atom stereocenters. The van der Waals surface area contributed by atoms with Gasteiger partial charge in [0.1, 0.15) is 11.2 Å². The molecule has 0 N–H and O–H groups in total. The summed E-state index contributed by atoms with van der Waals surface area (Å²) in [7, 11) is 0. The van der Waals surface area contributed by atoms with E-state index in [0.29, 0.717) is 10.8 Å². The molecule has 1 aromatic carbocycles. The molecule has 6 heteroatoms. The van der Waals surface area contributed by atoms with Crippen molar-refractivity contribution in [1.82, 2.24) is 19.6 Å². The standard InChI is InChI=1S/C17H13ClN4S/c18-11-5-3-4-10(8-11)15-20-16-14-12-6-1-2-7-13(12)23-17(14)19-9-22(16)21-15/h3-5,8-9H,1-2,6-7H2. The maximum absolute atomic E-state index is 6.09. The lowest BCUT2D eigenvalue weighted by Gasteiger charge is -2.09. The number of benzene rings is 1. The quantitative estimate of drug-likeness (QED) is 0.511. The predicted octanol–water partition coefficient (Wildman–Crippen LogP) is 4.54. The highest BCUT2D eigenvalue weighted by molar-refractivity contribution is 7.19. The molecule has 0 saturated carbocycles. The summed E-state index contributed by atoms with van der Waals surface area (Å²) in [6.07, 6.45) is 6.57. The van der Waals surface area contributed by atoms with Crippen molar-refractivity contribution in [2.75, 3.05) is 0 Å². The second-order valence-electron chi connectivity index (χ2n) is 5.85. The van der Waals surface area contributed by atoms with Crippen molar-refractivity contribution in [2.24, 2.45) is 0 Å². The minimum absolute atomic E-state index is 0.692. The van der Waals surface area contributed by atoms with Gasteiger partial charge in [-0.15, -0.1) is 16.4 Å². The second kappa shape index (κ2) is 5.01. The number of rotatable bonds is 1. The fourth-order valence-electron chi connectivity index (χ4n) is 3.30. The maximum Gasteiger partial charge on any atom is 0.182 e. The number of aromatic nitrogens is 4. The Kier molecular flexibility index (Phi) is 2.93. The van der Waals surface area contributed by atoms with Crippen LogP contribution in [-0.2, 0) is 12.8 Å². The monoisotopic (exact) mass is 340 g/mol. The van der Waals surface area contributed by atoms with E-state index in [4.69, 9.17) is 16.6 Å². The number of hydrogen-bond acceptors (Lipinski definition) is 4. The van der Waals surface area contributed by atoms with E-state index in [2.05, 4.69) is 10.1 Å². The number of aryl methyl sites for hydroxylation is 2. The Bertz CT molecular complexity index is 1050. The van der Waals surface area contributed by atoms with Crippen LogP contribution in [0.15, 0.2) is 30.6 Å². The van der Waals surface area contributed by atoms with Gasteiger partial charge in [-0.2, -0.15) is 0 Å². The van der Waals surface area contributed by atoms with E-state index in [9.17, 15) is 0 Å². The summed E-state index contributed by atoms with van der Waals surface area (Å²) in [6, 6.07) is 7.65. The summed E-state index contributed by atoms with van der Waals surface area (Å²) in [5.41, 5.74) is 3.27. The van der Waals surface area contributed by atoms with Crippen LogP contribution < -0.4 is 0 Å². The second-order valence-corrected chi connectivity index (χ2v) is 7.37. The van der Waals surface area contributed by atoms with Crippen LogP contribution in [0.25, 0.3) is 27.3 Å². The van der Waals surface area contributed by atoms with Crippen LogP contribution in [-0.4, -0.2) is 19.6 Å². The van der Waals surface area contributed by atoms with Crippen LogP contribution in [0, 0.1) is 0 Å². The molecule has 23 heavy (non-hydrogen) atoms. The van der Waals surface area contributed by atoms with Gasteiger partial charge in [0.2, 0.25) is 0 Å². The number of fused-ring (bicyclic) bond motifs is 5. The molecule has 4 aromatic rings. The van der Waals surface area contributed by atoms with Crippen LogP contribution >= 0.6 is 22.9 Å². The van der Waals surface area contributed by atoms with Gasteiger partial charge in [-0.25, -0.2) is 14.5 Å². The molecule has 0 radical (unpaired) electrons. The molecule has 0 saturated heterocycles. The first-order valence-corrected chi connectivity index (χ1v) is 8.90. The summed E-state index contributed by atoms with van der Waals surface area (Å²) >= 11 is 7.90. The van der Waals surface area contributed by atoms with Gasteiger partial charge in [-0.05, 0) is 43.4 Å². The van der Waals surface area contributed by atoms with E-state index in [0.717, 1.165) is 28.9 Å². The molecule has 0 bridgehead atoms. The Morgan fingerprint density at radius 1 is 1.17 bits per heavy atom. The van der Waals surface area contributed by atoms with E-state index < -0.39 is 0 Å². The van der Waals surface area contributed by atoms with Crippen LogP contribution in [0.2, 0.25) is 5.02 Å². The lowest BCUT2D eigenvalue weighted by molar-refractivity contribution is 0.700. The third-order valence-corrected chi connectivity index (χ3v) is 5.81. The van der Waals surface area contributed by atoms with Crippen molar-refractivity contribution >= 4 is 38.8 Å². The summed E-state index contributed by atoms with van der Waals surface area (Å²) in [6.45, 7) is 0. The summed E-state index contributed by atoms with van der Waals surface area (Å²) in [4.78, 5) is 11.9. The van der Waals surface area contributed by atoms with Gasteiger partial charge in [0.15, 0.2) is 11.5 Å². The Morgan fingerprint density at radius 2 is 2.09 bits per heavy atom. The summed E-state index contributed by atoms with van der Waals surface area (Å²) in [5.74, 6) is 0.692. The first-order chi connectivity index (χ1) is 11.3. The molecule has 5 rings (SSSR count). The predicted molar refractivity (Wildman–Crippen MR) is 93.3 cm³/mol. The minimum atomic E-state index is 0.692. The van der Waals surface area contributed by atoms with E-state index in [1.54, 1.807) is 10.8 Å². The van der Waals surface area contributed by atoms with Gasteiger partial charge < -0.3 is 0 Å². The van der Waals surface area contributed by atoms with E-state index >= 15 is 0 Å². The van der Waals surface area contributed by atoms with Crippen molar-refractivity contribution in [2.45, 2.75) is 25.7 Å². The first-order valence-electron chi connectivity index (χ1n) is 7.71. The van der Waals surface area contributed by atoms with Gasteiger partial charge in [-0.3, -0.25) is 0 Å². The normalized spacial score (nSPS) is 14.5. The zero-order valence-corrected chi connectivity index (χ0v) is 13.9. The molecule has 3 aromatic heterocycles. The van der Waals surface area contributed by atoms with Gasteiger partial charge in [0.05, 0.1) is 5.39 Å². The third kappa shape index (κ3) is 2.07. The van der Waals surface area contributed by atoms with E-state index in [-0.39, 0.29) is 0 Å². The Labute approximate surface area is 141 Å². The molecule has 1 aliphatic carbocycles. The molecule has 0 unspecified atom stereocenters. The Hall–Kier alpha value is -1.98. The van der Waals surface area contributed by atoms with E-state index in [1.165, 1.54) is 28.7 Å². The van der Waals surface area contributed by atoms with Crippen molar-refractivity contribution in [3.05, 3.63) is 46.1 Å². The van der Waals surface area contributed by atoms with Crippen molar-refractivity contribution < 1.29 is 0 Å². The molecule has 0 amide bonds. The SMILES string of the molecule is Clc1cccc(-c2nc3c4c5c(sc4ncn3n2)CCCC5)c1. The number of nitrogens with zero attached hydrogens (tertiary/aromatic N) is 4. The maximum atomic E-state index is 6.09. The fraction of sp³-hybridized carbons (Fsp3) is 0.235. The molecule has 4 nitrogen and oxygen atoms in total. The van der Waals surface area contributed by atoms with Crippen molar-refractivity contribution in [3.63, 3.8) is 0 Å². The van der Waals surface area contributed by atoms with Crippen LogP contribution in [0.5, 0.6) is 0 Å². The molecule has 3 heterocycles. The largest absolute Gasteiger partial charge is 0.225 e. The van der Waals surface area contributed by atoms with Crippen molar-refractivity contribution in [1.29, 1.82) is 0 Å². The summed E-state index contributed by atoms with van der Waals surface area (Å²) in [5, 5.41) is 6.47. The zero-order chi connectivity index (χ0) is 15.4. The average molecular weight is 341 g/mol.